The second kappa shape index (κ2) is 4.79. The van der Waals surface area contributed by atoms with Crippen LogP contribution in [0.1, 0.15) is 12.8 Å². The summed E-state index contributed by atoms with van der Waals surface area (Å²) in [5, 5.41) is 10.9. The van der Waals surface area contributed by atoms with Crippen LogP contribution in [0.2, 0.25) is 0 Å². The van der Waals surface area contributed by atoms with Gasteiger partial charge in [0.25, 0.3) is 0 Å². The van der Waals surface area contributed by atoms with Gasteiger partial charge in [-0.1, -0.05) is 0 Å². The Balaban J connectivity index is 2.86. The Morgan fingerprint density at radius 3 is 2.62 bits per heavy atom. The minimum atomic E-state index is -3.89. The molecular weight excluding hydrogens is 236 g/mol. The van der Waals surface area contributed by atoms with E-state index in [0.29, 0.717) is 12.8 Å². The molecule has 1 atom stereocenters. The summed E-state index contributed by atoms with van der Waals surface area (Å²) < 4.78 is 24.3. The third kappa shape index (κ3) is 2.70. The van der Waals surface area contributed by atoms with Crippen molar-refractivity contribution in [3.05, 3.63) is 0 Å². The Hall–Kier alpha value is -1.15. The summed E-state index contributed by atoms with van der Waals surface area (Å²) in [6.07, 6.45) is 0.995. The number of hydrogen-bond acceptors (Lipinski definition) is 4. The number of nitrogens with zero attached hydrogens (tertiary/aromatic N) is 1. The van der Waals surface area contributed by atoms with Crippen LogP contribution >= 0.6 is 0 Å². The summed E-state index contributed by atoms with van der Waals surface area (Å²) in [5.41, 5.74) is 0. The SMILES string of the molecule is CNC(=O)C1CCCN1S(=O)(=O)CC(=O)O. The molecule has 1 amide bonds. The number of carbonyl (C=O) groups is 2. The van der Waals surface area contributed by atoms with Gasteiger partial charge >= 0.3 is 5.97 Å². The van der Waals surface area contributed by atoms with Crippen molar-refractivity contribution in [2.24, 2.45) is 0 Å². The molecule has 8 heteroatoms. The summed E-state index contributed by atoms with van der Waals surface area (Å²) in [4.78, 5) is 21.8. The second-order valence-electron chi connectivity index (χ2n) is 3.53. The molecule has 1 rings (SSSR count). The lowest BCUT2D eigenvalue weighted by Gasteiger charge is -2.21. The second-order valence-corrected chi connectivity index (χ2v) is 5.45. The maximum Gasteiger partial charge on any atom is 0.320 e. The highest BCUT2D eigenvalue weighted by atomic mass is 32.2. The Morgan fingerprint density at radius 2 is 2.12 bits per heavy atom. The molecule has 1 aliphatic rings. The number of amides is 1. The van der Waals surface area contributed by atoms with Crippen LogP contribution in [-0.2, 0) is 19.6 Å². The Kier molecular flexibility index (Phi) is 3.87. The summed E-state index contributed by atoms with van der Waals surface area (Å²) in [7, 11) is -2.47. The van der Waals surface area contributed by atoms with Crippen molar-refractivity contribution in [3.8, 4) is 0 Å². The highest BCUT2D eigenvalue weighted by Gasteiger charge is 2.38. The molecule has 0 radical (unpaired) electrons. The molecule has 0 saturated carbocycles. The van der Waals surface area contributed by atoms with Gasteiger partial charge in [0.1, 0.15) is 6.04 Å². The Morgan fingerprint density at radius 1 is 1.50 bits per heavy atom. The molecule has 7 nitrogen and oxygen atoms in total. The third-order valence-corrected chi connectivity index (χ3v) is 4.18. The fourth-order valence-corrected chi connectivity index (χ4v) is 3.21. The van der Waals surface area contributed by atoms with Crippen LogP contribution in [0.3, 0.4) is 0 Å². The van der Waals surface area contributed by atoms with E-state index in [1.165, 1.54) is 7.05 Å². The van der Waals surface area contributed by atoms with Crippen LogP contribution in [0.4, 0.5) is 0 Å². The normalized spacial score (nSPS) is 21.9. The number of carbonyl (C=O) groups excluding carboxylic acids is 1. The monoisotopic (exact) mass is 250 g/mol. The van der Waals surface area contributed by atoms with Gasteiger partial charge in [-0.15, -0.1) is 0 Å². The van der Waals surface area contributed by atoms with Crippen molar-refractivity contribution in [2.75, 3.05) is 19.3 Å². The average Bonchev–Trinajstić information content (AvgIpc) is 2.63. The van der Waals surface area contributed by atoms with Crippen molar-refractivity contribution in [1.29, 1.82) is 0 Å². The van der Waals surface area contributed by atoms with Gasteiger partial charge in [-0.05, 0) is 12.8 Å². The Bertz CT molecular complexity index is 391. The van der Waals surface area contributed by atoms with Crippen LogP contribution in [0, 0.1) is 0 Å². The quantitative estimate of drug-likeness (QED) is 0.639. The molecule has 1 saturated heterocycles. The van der Waals surface area contributed by atoms with Gasteiger partial charge in [0.2, 0.25) is 15.9 Å². The van der Waals surface area contributed by atoms with Gasteiger partial charge in [0.05, 0.1) is 0 Å². The van der Waals surface area contributed by atoms with Crippen LogP contribution in [0.5, 0.6) is 0 Å². The topological polar surface area (TPSA) is 104 Å². The lowest BCUT2D eigenvalue weighted by Crippen LogP contribution is -2.46. The van der Waals surface area contributed by atoms with Crippen LogP contribution in [-0.4, -0.2) is 55.1 Å². The van der Waals surface area contributed by atoms with Gasteiger partial charge in [0, 0.05) is 13.6 Å². The molecule has 92 valence electrons. The van der Waals surface area contributed by atoms with E-state index >= 15 is 0 Å². The van der Waals surface area contributed by atoms with Crippen LogP contribution < -0.4 is 5.32 Å². The lowest BCUT2D eigenvalue weighted by molar-refractivity contribution is -0.134. The van der Waals surface area contributed by atoms with Gasteiger partial charge in [-0.25, -0.2) is 8.42 Å². The molecule has 0 aliphatic carbocycles. The number of nitrogens with one attached hydrogen (secondary N) is 1. The molecule has 0 aromatic carbocycles. The first kappa shape index (κ1) is 12.9. The third-order valence-electron chi connectivity index (χ3n) is 2.42. The first-order valence-corrected chi connectivity index (χ1v) is 6.42. The maximum atomic E-state index is 11.6. The number of rotatable bonds is 4. The van der Waals surface area contributed by atoms with E-state index in [2.05, 4.69) is 5.32 Å². The van der Waals surface area contributed by atoms with Gasteiger partial charge in [-0.3, -0.25) is 9.59 Å². The molecule has 0 aromatic heterocycles. The number of carboxylic acids is 1. The van der Waals surface area contributed by atoms with Gasteiger partial charge in [0.15, 0.2) is 5.75 Å². The Labute approximate surface area is 93.5 Å². The summed E-state index contributed by atoms with van der Waals surface area (Å²) in [6.45, 7) is 0.202. The molecule has 2 N–H and O–H groups in total. The first-order chi connectivity index (χ1) is 7.38. The molecule has 0 bridgehead atoms. The zero-order valence-corrected chi connectivity index (χ0v) is 9.66. The van der Waals surface area contributed by atoms with E-state index in [9.17, 15) is 18.0 Å². The predicted octanol–water partition coefficient (Wildman–Crippen LogP) is -1.39. The van der Waals surface area contributed by atoms with Gasteiger partial charge < -0.3 is 10.4 Å². The summed E-state index contributed by atoms with van der Waals surface area (Å²) >= 11 is 0. The number of carboxylic acid groups (broad SMARTS) is 1. The van der Waals surface area contributed by atoms with Gasteiger partial charge in [-0.2, -0.15) is 4.31 Å². The minimum Gasteiger partial charge on any atom is -0.480 e. The number of likely N-dealkylation sites (N-methyl/N-ethyl adjacent to an activating group) is 1. The number of aliphatic carboxylic acids is 1. The predicted molar refractivity (Wildman–Crippen MR) is 55.2 cm³/mol. The molecule has 1 heterocycles. The molecule has 16 heavy (non-hydrogen) atoms. The van der Waals surface area contributed by atoms with Crippen LogP contribution in [0.15, 0.2) is 0 Å². The number of hydrogen-bond donors (Lipinski definition) is 2. The van der Waals surface area contributed by atoms with Crippen LogP contribution in [0.25, 0.3) is 0 Å². The van der Waals surface area contributed by atoms with Crippen molar-refractivity contribution < 1.29 is 23.1 Å². The van der Waals surface area contributed by atoms with Crippen molar-refractivity contribution in [3.63, 3.8) is 0 Å². The van der Waals surface area contributed by atoms with E-state index in [1.54, 1.807) is 0 Å². The van der Waals surface area contributed by atoms with Crippen molar-refractivity contribution >= 4 is 21.9 Å². The number of sulfonamides is 1. The zero-order valence-electron chi connectivity index (χ0n) is 8.84. The maximum absolute atomic E-state index is 11.6. The lowest BCUT2D eigenvalue weighted by atomic mass is 10.2. The molecule has 1 aliphatic heterocycles. The van der Waals surface area contributed by atoms with E-state index in [4.69, 9.17) is 5.11 Å². The highest BCUT2D eigenvalue weighted by molar-refractivity contribution is 7.89. The summed E-state index contributed by atoms with van der Waals surface area (Å²) in [6, 6.07) is -0.769. The molecule has 0 spiro atoms. The first-order valence-electron chi connectivity index (χ1n) is 4.81. The van der Waals surface area contributed by atoms with E-state index in [-0.39, 0.29) is 6.54 Å². The fourth-order valence-electron chi connectivity index (χ4n) is 1.74. The fraction of sp³-hybridized carbons (Fsp3) is 0.750. The van der Waals surface area contributed by atoms with Crippen molar-refractivity contribution in [1.82, 2.24) is 9.62 Å². The standard InChI is InChI=1S/C8H14N2O5S/c1-9-8(13)6-3-2-4-10(6)16(14,15)5-7(11)12/h6H,2-5H2,1H3,(H,9,13)(H,11,12). The average molecular weight is 250 g/mol. The minimum absolute atomic E-state index is 0.202. The largest absolute Gasteiger partial charge is 0.480 e. The molecular formula is C8H14N2O5S. The van der Waals surface area contributed by atoms with Crippen molar-refractivity contribution in [2.45, 2.75) is 18.9 Å². The zero-order chi connectivity index (χ0) is 12.3. The van der Waals surface area contributed by atoms with E-state index in [0.717, 1.165) is 4.31 Å². The van der Waals surface area contributed by atoms with E-state index < -0.39 is 33.7 Å². The summed E-state index contributed by atoms with van der Waals surface area (Å²) in [5.74, 6) is -2.78. The molecule has 1 unspecified atom stereocenters. The smallest absolute Gasteiger partial charge is 0.320 e. The molecule has 0 aromatic rings. The van der Waals surface area contributed by atoms with E-state index in [1.807, 2.05) is 0 Å². The highest BCUT2D eigenvalue weighted by Crippen LogP contribution is 2.21. The molecule has 1 fully saturated rings.